The molecule has 0 aliphatic heterocycles. The molecule has 0 radical (unpaired) electrons. The van der Waals surface area contributed by atoms with Crippen molar-refractivity contribution in [3.63, 3.8) is 0 Å². The molecule has 3 N–H and O–H groups in total. The number of ether oxygens (including phenoxy) is 1. The van der Waals surface area contributed by atoms with Crippen molar-refractivity contribution in [2.45, 2.75) is 39.3 Å². The second kappa shape index (κ2) is 11.3. The SMILES string of the molecule is CCOC(=O)C(O)CN(CC(C)C)C(=O)N[C@@H](Cc1ccc2ccccc2c1)C(=O)O. The number of hydrogen-bond donors (Lipinski definition) is 3. The molecule has 8 heteroatoms. The third-order valence-electron chi connectivity index (χ3n) is 4.67. The molecule has 2 atom stereocenters. The van der Waals surface area contributed by atoms with Crippen LogP contribution in [0.5, 0.6) is 0 Å². The zero-order chi connectivity index (χ0) is 23.0. The molecule has 0 spiro atoms. The number of aliphatic hydroxyl groups excluding tert-OH is 1. The highest BCUT2D eigenvalue weighted by Gasteiger charge is 2.27. The van der Waals surface area contributed by atoms with E-state index in [1.165, 1.54) is 4.90 Å². The van der Waals surface area contributed by atoms with Crippen molar-refractivity contribution >= 4 is 28.7 Å². The largest absolute Gasteiger partial charge is 0.480 e. The second-order valence-corrected chi connectivity index (χ2v) is 7.79. The summed E-state index contributed by atoms with van der Waals surface area (Å²) in [7, 11) is 0. The molecule has 0 bridgehead atoms. The average molecular weight is 431 g/mol. The maximum atomic E-state index is 12.8. The first-order valence-corrected chi connectivity index (χ1v) is 10.3. The summed E-state index contributed by atoms with van der Waals surface area (Å²) in [5.41, 5.74) is 0.772. The number of benzene rings is 2. The van der Waals surface area contributed by atoms with Crippen LogP contribution < -0.4 is 5.32 Å². The van der Waals surface area contributed by atoms with Gasteiger partial charge in [-0.3, -0.25) is 0 Å². The quantitative estimate of drug-likeness (QED) is 0.499. The molecule has 2 amide bonds. The molecular formula is C23H30N2O6. The summed E-state index contributed by atoms with van der Waals surface area (Å²) >= 11 is 0. The number of aliphatic carboxylic acids is 1. The van der Waals surface area contributed by atoms with Gasteiger partial charge >= 0.3 is 18.0 Å². The molecule has 0 saturated heterocycles. The van der Waals surface area contributed by atoms with E-state index in [0.717, 1.165) is 16.3 Å². The van der Waals surface area contributed by atoms with Crippen LogP contribution in [0.4, 0.5) is 4.79 Å². The topological polar surface area (TPSA) is 116 Å². The number of carbonyl (C=O) groups is 3. The van der Waals surface area contributed by atoms with Crippen LogP contribution in [-0.2, 0) is 20.7 Å². The van der Waals surface area contributed by atoms with E-state index in [-0.39, 0.29) is 32.0 Å². The average Bonchev–Trinajstić information content (AvgIpc) is 2.72. The minimum absolute atomic E-state index is 0.0453. The zero-order valence-electron chi connectivity index (χ0n) is 18.1. The lowest BCUT2D eigenvalue weighted by molar-refractivity contribution is -0.153. The number of hydrogen-bond acceptors (Lipinski definition) is 5. The number of amides is 2. The number of rotatable bonds is 10. The smallest absolute Gasteiger partial charge is 0.336 e. The molecule has 0 fully saturated rings. The Morgan fingerprint density at radius 1 is 1.06 bits per heavy atom. The zero-order valence-corrected chi connectivity index (χ0v) is 18.1. The van der Waals surface area contributed by atoms with Gasteiger partial charge in [-0.15, -0.1) is 0 Å². The Labute approximate surface area is 181 Å². The van der Waals surface area contributed by atoms with Gasteiger partial charge in [-0.25, -0.2) is 14.4 Å². The molecule has 2 aromatic carbocycles. The van der Waals surface area contributed by atoms with Crippen LogP contribution in [0.15, 0.2) is 42.5 Å². The Bertz CT molecular complexity index is 914. The normalized spacial score (nSPS) is 12.9. The monoisotopic (exact) mass is 430 g/mol. The van der Waals surface area contributed by atoms with Gasteiger partial charge in [-0.1, -0.05) is 56.3 Å². The third kappa shape index (κ3) is 7.25. The fourth-order valence-electron chi connectivity index (χ4n) is 3.24. The highest BCUT2D eigenvalue weighted by atomic mass is 16.5. The fraction of sp³-hybridized carbons (Fsp3) is 0.435. The van der Waals surface area contributed by atoms with E-state index in [2.05, 4.69) is 5.32 Å². The molecule has 8 nitrogen and oxygen atoms in total. The minimum Gasteiger partial charge on any atom is -0.480 e. The predicted molar refractivity (Wildman–Crippen MR) is 117 cm³/mol. The van der Waals surface area contributed by atoms with Gasteiger partial charge in [-0.05, 0) is 29.2 Å². The summed E-state index contributed by atoms with van der Waals surface area (Å²) in [5, 5.41) is 24.2. The van der Waals surface area contributed by atoms with Crippen molar-refractivity contribution in [1.29, 1.82) is 0 Å². The van der Waals surface area contributed by atoms with Crippen LogP contribution in [0.3, 0.4) is 0 Å². The van der Waals surface area contributed by atoms with Gasteiger partial charge in [0.25, 0.3) is 0 Å². The molecule has 0 aliphatic rings. The van der Waals surface area contributed by atoms with E-state index in [1.54, 1.807) is 6.92 Å². The van der Waals surface area contributed by atoms with Crippen LogP contribution in [0.1, 0.15) is 26.3 Å². The lowest BCUT2D eigenvalue weighted by Crippen LogP contribution is -2.52. The first-order chi connectivity index (χ1) is 14.7. The Hall–Kier alpha value is -3.13. The van der Waals surface area contributed by atoms with E-state index in [9.17, 15) is 24.6 Å². The fourth-order valence-corrected chi connectivity index (χ4v) is 3.24. The lowest BCUT2D eigenvalue weighted by atomic mass is 10.0. The molecule has 1 unspecified atom stereocenters. The number of fused-ring (bicyclic) bond motifs is 1. The molecule has 31 heavy (non-hydrogen) atoms. The van der Waals surface area contributed by atoms with Crippen LogP contribution in [0, 0.1) is 5.92 Å². The number of carboxylic acids is 1. The number of carbonyl (C=O) groups excluding carboxylic acids is 2. The number of nitrogens with zero attached hydrogens (tertiary/aromatic N) is 1. The van der Waals surface area contributed by atoms with E-state index in [0.29, 0.717) is 0 Å². The maximum absolute atomic E-state index is 12.8. The van der Waals surface area contributed by atoms with Crippen molar-refractivity contribution < 1.29 is 29.3 Å². The maximum Gasteiger partial charge on any atom is 0.336 e. The molecular weight excluding hydrogens is 400 g/mol. The summed E-state index contributed by atoms with van der Waals surface area (Å²) in [6, 6.07) is 11.6. The van der Waals surface area contributed by atoms with E-state index >= 15 is 0 Å². The van der Waals surface area contributed by atoms with Crippen LogP contribution in [0.25, 0.3) is 10.8 Å². The van der Waals surface area contributed by atoms with Gasteiger partial charge in [0.05, 0.1) is 13.2 Å². The number of esters is 1. The lowest BCUT2D eigenvalue weighted by Gasteiger charge is -2.28. The van der Waals surface area contributed by atoms with Crippen molar-refractivity contribution in [2.24, 2.45) is 5.92 Å². The first kappa shape index (κ1) is 24.1. The highest BCUT2D eigenvalue weighted by molar-refractivity contribution is 5.85. The summed E-state index contributed by atoms with van der Waals surface area (Å²) in [5.74, 6) is -1.95. The summed E-state index contributed by atoms with van der Waals surface area (Å²) in [6.45, 7) is 5.43. The molecule has 0 saturated carbocycles. The highest BCUT2D eigenvalue weighted by Crippen LogP contribution is 2.17. The van der Waals surface area contributed by atoms with Gasteiger partial charge in [-0.2, -0.15) is 0 Å². The number of nitrogens with one attached hydrogen (secondary N) is 1. The Kier molecular flexibility index (Phi) is 8.81. The van der Waals surface area contributed by atoms with Crippen LogP contribution >= 0.6 is 0 Å². The standard InChI is InChI=1S/C23H30N2O6/c1-4-31-22(29)20(26)14-25(13-15(2)3)23(30)24-19(21(27)28)12-16-9-10-17-7-5-6-8-18(17)11-16/h5-11,15,19-20,26H,4,12-14H2,1-3H3,(H,24,30)(H,27,28)/t19-,20?/m0/s1. The van der Waals surface area contributed by atoms with Crippen molar-refractivity contribution in [1.82, 2.24) is 10.2 Å². The summed E-state index contributed by atoms with van der Waals surface area (Å²) < 4.78 is 4.78. The van der Waals surface area contributed by atoms with Gasteiger partial charge in [0.2, 0.25) is 0 Å². The van der Waals surface area contributed by atoms with E-state index < -0.39 is 30.1 Å². The van der Waals surface area contributed by atoms with Crippen LogP contribution in [0.2, 0.25) is 0 Å². The summed E-state index contributed by atoms with van der Waals surface area (Å²) in [4.78, 5) is 37.6. The third-order valence-corrected chi connectivity index (χ3v) is 4.67. The van der Waals surface area contributed by atoms with Crippen LogP contribution in [-0.4, -0.2) is 64.9 Å². The molecule has 2 aromatic rings. The molecule has 168 valence electrons. The van der Waals surface area contributed by atoms with Gasteiger partial charge < -0.3 is 25.2 Å². The summed E-state index contributed by atoms with van der Waals surface area (Å²) in [6.07, 6.45) is -1.41. The van der Waals surface area contributed by atoms with Gasteiger partial charge in [0, 0.05) is 13.0 Å². The van der Waals surface area contributed by atoms with Gasteiger partial charge in [0.15, 0.2) is 6.10 Å². The Morgan fingerprint density at radius 2 is 1.74 bits per heavy atom. The number of urea groups is 1. The molecule has 0 aliphatic carbocycles. The molecule has 0 heterocycles. The van der Waals surface area contributed by atoms with E-state index in [4.69, 9.17) is 4.74 Å². The molecule has 0 aromatic heterocycles. The second-order valence-electron chi connectivity index (χ2n) is 7.79. The van der Waals surface area contributed by atoms with E-state index in [1.807, 2.05) is 56.3 Å². The number of aliphatic hydroxyl groups is 1. The molecule has 2 rings (SSSR count). The van der Waals surface area contributed by atoms with Crippen molar-refractivity contribution in [3.05, 3.63) is 48.0 Å². The predicted octanol–water partition coefficient (Wildman–Crippen LogP) is 2.43. The Balaban J connectivity index is 2.12. The minimum atomic E-state index is -1.51. The first-order valence-electron chi connectivity index (χ1n) is 10.3. The van der Waals surface area contributed by atoms with Crippen molar-refractivity contribution in [3.8, 4) is 0 Å². The van der Waals surface area contributed by atoms with Gasteiger partial charge in [0.1, 0.15) is 6.04 Å². The Morgan fingerprint density at radius 3 is 2.35 bits per heavy atom. The van der Waals surface area contributed by atoms with Crippen molar-refractivity contribution in [2.75, 3.05) is 19.7 Å². The number of carboxylic acid groups (broad SMARTS) is 1.